The van der Waals surface area contributed by atoms with Crippen LogP contribution >= 0.6 is 0 Å². The molecule has 0 saturated heterocycles. The molecule has 0 unspecified atom stereocenters. The summed E-state index contributed by atoms with van der Waals surface area (Å²) in [5.41, 5.74) is 0.628. The molecule has 0 aliphatic heterocycles. The van der Waals surface area contributed by atoms with E-state index >= 15 is 0 Å². The minimum Gasteiger partial charge on any atom is -0.481 e. The molecule has 1 aromatic rings. The standard InChI is InChI=1S/C17H17F2N3O2/c1-4-7-21-11(2)13(9-16(20)24-3)17(23)22-10-12-5-6-14(18)15(19)8-12/h1,5-6,8-9,20-21H,2,7,10H2,3H3,(H,22,23)/b13-9-,20-16?. The third-order valence-electron chi connectivity index (χ3n) is 2.91. The number of halogens is 2. The Bertz CT molecular complexity index is 721. The fourth-order valence-corrected chi connectivity index (χ4v) is 1.66. The topological polar surface area (TPSA) is 74.2 Å². The van der Waals surface area contributed by atoms with E-state index in [0.29, 0.717) is 5.56 Å². The number of amides is 1. The maximum absolute atomic E-state index is 13.2. The summed E-state index contributed by atoms with van der Waals surface area (Å²) in [4.78, 5) is 12.3. The molecule has 5 nitrogen and oxygen atoms in total. The molecule has 0 aromatic heterocycles. The molecule has 126 valence electrons. The molecular weight excluding hydrogens is 316 g/mol. The van der Waals surface area contributed by atoms with Gasteiger partial charge in [-0.05, 0) is 17.7 Å². The third-order valence-corrected chi connectivity index (χ3v) is 2.91. The van der Waals surface area contributed by atoms with Gasteiger partial charge in [0, 0.05) is 18.3 Å². The smallest absolute Gasteiger partial charge is 0.253 e. The Labute approximate surface area is 138 Å². The van der Waals surface area contributed by atoms with Crippen LogP contribution in [0.15, 0.2) is 42.1 Å². The summed E-state index contributed by atoms with van der Waals surface area (Å²) >= 11 is 0. The van der Waals surface area contributed by atoms with Crippen LogP contribution in [0, 0.1) is 29.4 Å². The number of hydrogen-bond donors (Lipinski definition) is 3. The molecule has 0 radical (unpaired) electrons. The molecule has 1 aromatic carbocycles. The average molecular weight is 333 g/mol. The van der Waals surface area contributed by atoms with Crippen LogP contribution in [0.4, 0.5) is 8.78 Å². The Hall–Kier alpha value is -3.14. The predicted molar refractivity (Wildman–Crippen MR) is 87.0 cm³/mol. The predicted octanol–water partition coefficient (Wildman–Crippen LogP) is 1.87. The molecule has 7 heteroatoms. The van der Waals surface area contributed by atoms with Crippen molar-refractivity contribution in [1.82, 2.24) is 10.6 Å². The number of ether oxygens (including phenoxy) is 1. The summed E-state index contributed by atoms with van der Waals surface area (Å²) in [6.45, 7) is 3.80. The molecule has 0 spiro atoms. The Balaban J connectivity index is 2.85. The normalized spacial score (nSPS) is 10.5. The number of methoxy groups -OCH3 is 1. The third kappa shape index (κ3) is 5.57. The van der Waals surface area contributed by atoms with Crippen LogP contribution in [0.2, 0.25) is 0 Å². The highest BCUT2D eigenvalue weighted by atomic mass is 19.2. The van der Waals surface area contributed by atoms with Crippen LogP contribution in [0.25, 0.3) is 0 Å². The van der Waals surface area contributed by atoms with Crippen LogP contribution < -0.4 is 10.6 Å². The van der Waals surface area contributed by atoms with Gasteiger partial charge in [0.05, 0.1) is 19.2 Å². The van der Waals surface area contributed by atoms with Crippen molar-refractivity contribution < 1.29 is 18.3 Å². The van der Waals surface area contributed by atoms with Crippen molar-refractivity contribution in [2.45, 2.75) is 6.54 Å². The molecule has 0 saturated carbocycles. The second kappa shape index (κ2) is 9.10. The van der Waals surface area contributed by atoms with Crippen LogP contribution in [0.3, 0.4) is 0 Å². The van der Waals surface area contributed by atoms with Crippen LogP contribution in [0.5, 0.6) is 0 Å². The second-order valence-electron chi connectivity index (χ2n) is 4.59. The molecule has 0 fully saturated rings. The Morgan fingerprint density at radius 2 is 2.12 bits per heavy atom. The second-order valence-corrected chi connectivity index (χ2v) is 4.59. The molecule has 1 amide bonds. The van der Waals surface area contributed by atoms with Crippen molar-refractivity contribution in [3.05, 3.63) is 59.3 Å². The first kappa shape index (κ1) is 18.9. The monoisotopic (exact) mass is 333 g/mol. The van der Waals surface area contributed by atoms with E-state index < -0.39 is 17.5 Å². The molecule has 0 aliphatic carbocycles. The van der Waals surface area contributed by atoms with Crippen LogP contribution in [-0.2, 0) is 16.1 Å². The van der Waals surface area contributed by atoms with E-state index in [0.717, 1.165) is 12.1 Å². The number of hydrogen-bond acceptors (Lipinski definition) is 4. The van der Waals surface area contributed by atoms with E-state index in [9.17, 15) is 13.6 Å². The van der Waals surface area contributed by atoms with Crippen molar-refractivity contribution >= 4 is 11.8 Å². The molecule has 3 N–H and O–H groups in total. The summed E-state index contributed by atoms with van der Waals surface area (Å²) in [6.07, 6.45) is 6.31. The number of terminal acetylenes is 1. The van der Waals surface area contributed by atoms with Crippen molar-refractivity contribution in [1.29, 1.82) is 5.41 Å². The van der Waals surface area contributed by atoms with Gasteiger partial charge in [0.2, 0.25) is 5.90 Å². The van der Waals surface area contributed by atoms with Crippen molar-refractivity contribution in [3.63, 3.8) is 0 Å². The van der Waals surface area contributed by atoms with E-state index in [1.54, 1.807) is 0 Å². The number of carbonyl (C=O) groups excluding carboxylic acids is 1. The lowest BCUT2D eigenvalue weighted by Crippen LogP contribution is -2.29. The highest BCUT2D eigenvalue weighted by molar-refractivity contribution is 6.03. The maximum atomic E-state index is 13.2. The van der Waals surface area contributed by atoms with E-state index in [4.69, 9.17) is 16.6 Å². The molecular formula is C17H17F2N3O2. The minimum absolute atomic E-state index is 0.0316. The number of carbonyl (C=O) groups is 1. The lowest BCUT2D eigenvalue weighted by molar-refractivity contribution is -0.117. The van der Waals surface area contributed by atoms with Crippen molar-refractivity contribution in [2.24, 2.45) is 0 Å². The van der Waals surface area contributed by atoms with Gasteiger partial charge in [0.25, 0.3) is 5.91 Å². The largest absolute Gasteiger partial charge is 0.481 e. The van der Waals surface area contributed by atoms with Crippen molar-refractivity contribution in [2.75, 3.05) is 13.7 Å². The van der Waals surface area contributed by atoms with Gasteiger partial charge in [-0.15, -0.1) is 6.42 Å². The quantitative estimate of drug-likeness (QED) is 0.234. The fourth-order valence-electron chi connectivity index (χ4n) is 1.66. The van der Waals surface area contributed by atoms with E-state index in [1.807, 2.05) is 0 Å². The highest BCUT2D eigenvalue weighted by Crippen LogP contribution is 2.10. The van der Waals surface area contributed by atoms with Crippen molar-refractivity contribution in [3.8, 4) is 12.3 Å². The molecule has 0 heterocycles. The van der Waals surface area contributed by atoms with Gasteiger partial charge in [0.15, 0.2) is 11.6 Å². The zero-order chi connectivity index (χ0) is 18.1. The first-order valence-corrected chi connectivity index (χ1v) is 6.82. The maximum Gasteiger partial charge on any atom is 0.253 e. The zero-order valence-electron chi connectivity index (χ0n) is 13.1. The zero-order valence-corrected chi connectivity index (χ0v) is 13.1. The van der Waals surface area contributed by atoms with E-state index in [1.165, 1.54) is 19.3 Å². The van der Waals surface area contributed by atoms with Gasteiger partial charge in [-0.25, -0.2) is 8.78 Å². The summed E-state index contributed by atoms with van der Waals surface area (Å²) in [7, 11) is 1.28. The number of nitrogens with one attached hydrogen (secondary N) is 3. The first-order chi connectivity index (χ1) is 11.4. The van der Waals surface area contributed by atoms with Crippen LogP contribution in [-0.4, -0.2) is 25.5 Å². The Kier molecular flexibility index (Phi) is 7.17. The van der Waals surface area contributed by atoms with Gasteiger partial charge in [-0.1, -0.05) is 18.6 Å². The van der Waals surface area contributed by atoms with Gasteiger partial charge >= 0.3 is 0 Å². The minimum atomic E-state index is -1.00. The SMILES string of the molecule is C#CCNC(=C)/C(=C/C(=N)OC)C(=O)NCc1ccc(F)c(F)c1. The lowest BCUT2D eigenvalue weighted by atomic mass is 10.1. The molecule has 0 bridgehead atoms. The molecule has 0 aliphatic rings. The summed E-state index contributed by atoms with van der Waals surface area (Å²) < 4.78 is 30.8. The summed E-state index contributed by atoms with van der Waals surface area (Å²) in [5, 5.41) is 12.8. The van der Waals surface area contributed by atoms with Gasteiger partial charge in [-0.3, -0.25) is 10.2 Å². The van der Waals surface area contributed by atoms with Crippen LogP contribution in [0.1, 0.15) is 5.56 Å². The van der Waals surface area contributed by atoms with Gasteiger partial charge in [0.1, 0.15) is 0 Å². The molecule has 0 atom stereocenters. The average Bonchev–Trinajstić information content (AvgIpc) is 2.57. The van der Waals surface area contributed by atoms with Gasteiger partial charge < -0.3 is 15.4 Å². The first-order valence-electron chi connectivity index (χ1n) is 6.82. The highest BCUT2D eigenvalue weighted by Gasteiger charge is 2.14. The Morgan fingerprint density at radius 1 is 1.42 bits per heavy atom. The fraction of sp³-hybridized carbons (Fsp3) is 0.176. The van der Waals surface area contributed by atoms with Gasteiger partial charge in [-0.2, -0.15) is 0 Å². The molecule has 1 rings (SSSR count). The Morgan fingerprint density at radius 3 is 2.71 bits per heavy atom. The summed E-state index contributed by atoms with van der Waals surface area (Å²) in [6, 6.07) is 3.31. The molecule has 24 heavy (non-hydrogen) atoms. The van der Waals surface area contributed by atoms with E-state index in [2.05, 4.69) is 23.1 Å². The number of benzene rings is 1. The summed E-state index contributed by atoms with van der Waals surface area (Å²) in [5.74, 6) is -0.458. The van der Waals surface area contributed by atoms with E-state index in [-0.39, 0.29) is 30.3 Å². The lowest BCUT2D eigenvalue weighted by Gasteiger charge is -2.13. The number of rotatable bonds is 7.